The summed E-state index contributed by atoms with van der Waals surface area (Å²) >= 11 is 0. The molecule has 0 aliphatic carbocycles. The first-order valence-corrected chi connectivity index (χ1v) is 4.11. The fourth-order valence-corrected chi connectivity index (χ4v) is 0.805. The number of unbranched alkanes of at least 4 members (excludes halogenated alkanes) is 1. The van der Waals surface area contributed by atoms with Gasteiger partial charge < -0.3 is 4.90 Å². The summed E-state index contributed by atoms with van der Waals surface area (Å²) < 4.78 is 0. The number of likely N-dealkylation sites (N-methyl/N-ethyl adjacent to an activating group) is 1. The predicted octanol–water partition coefficient (Wildman–Crippen LogP) is 2.29. The Bertz CT molecular complexity index is 86.7. The quantitative estimate of drug-likeness (QED) is 0.531. The molecule has 0 amide bonds. The molecule has 0 saturated carbocycles. The fraction of sp³-hybridized carbons (Fsp3) is 0.778. The average molecular weight is 141 g/mol. The Labute approximate surface area is 64.7 Å². The highest BCUT2D eigenvalue weighted by Gasteiger charge is 1.91. The predicted molar refractivity (Wildman–Crippen MR) is 47.2 cm³/mol. The van der Waals surface area contributed by atoms with Crippen LogP contribution in [-0.4, -0.2) is 25.0 Å². The van der Waals surface area contributed by atoms with Crippen LogP contribution in [0.1, 0.15) is 26.7 Å². The van der Waals surface area contributed by atoms with Gasteiger partial charge >= 0.3 is 0 Å². The Morgan fingerprint density at radius 1 is 1.40 bits per heavy atom. The maximum absolute atomic E-state index is 2.34. The first kappa shape index (κ1) is 9.70. The van der Waals surface area contributed by atoms with Crippen molar-refractivity contribution in [1.29, 1.82) is 0 Å². The van der Waals surface area contributed by atoms with E-state index in [2.05, 4.69) is 37.9 Å². The van der Waals surface area contributed by atoms with Crippen molar-refractivity contribution < 1.29 is 0 Å². The molecule has 0 spiro atoms. The van der Waals surface area contributed by atoms with Crippen molar-refractivity contribution >= 4 is 0 Å². The van der Waals surface area contributed by atoms with E-state index in [1.54, 1.807) is 0 Å². The van der Waals surface area contributed by atoms with Gasteiger partial charge in [0, 0.05) is 6.54 Å². The lowest BCUT2D eigenvalue weighted by molar-refractivity contribution is 0.362. The van der Waals surface area contributed by atoms with Crippen LogP contribution in [0.3, 0.4) is 0 Å². The summed E-state index contributed by atoms with van der Waals surface area (Å²) in [4.78, 5) is 2.34. The minimum Gasteiger partial charge on any atom is -0.303 e. The molecule has 10 heavy (non-hydrogen) atoms. The van der Waals surface area contributed by atoms with E-state index in [1.165, 1.54) is 19.4 Å². The maximum atomic E-state index is 2.34. The zero-order valence-electron chi connectivity index (χ0n) is 7.43. The van der Waals surface area contributed by atoms with E-state index in [0.29, 0.717) is 0 Å². The van der Waals surface area contributed by atoms with E-state index in [0.717, 1.165) is 6.54 Å². The average Bonchev–Trinajstić information content (AvgIpc) is 1.97. The van der Waals surface area contributed by atoms with Gasteiger partial charge in [0.2, 0.25) is 0 Å². The van der Waals surface area contributed by atoms with Gasteiger partial charge in [0.25, 0.3) is 0 Å². The summed E-state index contributed by atoms with van der Waals surface area (Å²) in [6.07, 6.45) is 6.90. The largest absolute Gasteiger partial charge is 0.303 e. The number of hydrogen-bond acceptors (Lipinski definition) is 1. The minimum atomic E-state index is 1.09. The molecule has 1 nitrogen and oxygen atoms in total. The fourth-order valence-electron chi connectivity index (χ4n) is 0.805. The van der Waals surface area contributed by atoms with Gasteiger partial charge in [0.1, 0.15) is 0 Å². The maximum Gasteiger partial charge on any atom is 0.0160 e. The van der Waals surface area contributed by atoms with Crippen LogP contribution in [0.5, 0.6) is 0 Å². The topological polar surface area (TPSA) is 3.24 Å². The van der Waals surface area contributed by atoms with Crippen LogP contribution in [0.4, 0.5) is 0 Å². The van der Waals surface area contributed by atoms with Crippen molar-refractivity contribution in [2.45, 2.75) is 26.7 Å². The molecule has 60 valence electrons. The molecule has 0 N–H and O–H groups in total. The Kier molecular flexibility index (Phi) is 6.61. The molecule has 0 heterocycles. The van der Waals surface area contributed by atoms with E-state index >= 15 is 0 Å². The van der Waals surface area contributed by atoms with Gasteiger partial charge in [-0.3, -0.25) is 0 Å². The summed E-state index contributed by atoms with van der Waals surface area (Å²) in [6.45, 7) is 6.61. The van der Waals surface area contributed by atoms with Gasteiger partial charge in [-0.25, -0.2) is 0 Å². The third kappa shape index (κ3) is 5.83. The highest BCUT2D eigenvalue weighted by atomic mass is 15.1. The Morgan fingerprint density at radius 3 is 2.60 bits per heavy atom. The molecule has 0 fully saturated rings. The molecule has 0 radical (unpaired) electrons. The van der Waals surface area contributed by atoms with Gasteiger partial charge in [-0.2, -0.15) is 0 Å². The molecule has 0 saturated heterocycles. The molecule has 0 aliphatic heterocycles. The normalized spacial score (nSPS) is 11.6. The first-order valence-electron chi connectivity index (χ1n) is 4.11. The molecule has 1 heteroatoms. The summed E-state index contributed by atoms with van der Waals surface area (Å²) in [7, 11) is 2.16. The molecule has 0 aliphatic rings. The monoisotopic (exact) mass is 141 g/mol. The van der Waals surface area contributed by atoms with Gasteiger partial charge in [-0.15, -0.1) is 0 Å². The van der Waals surface area contributed by atoms with Crippen LogP contribution in [0.2, 0.25) is 0 Å². The van der Waals surface area contributed by atoms with Crippen molar-refractivity contribution in [3.8, 4) is 0 Å². The Morgan fingerprint density at radius 2 is 2.10 bits per heavy atom. The van der Waals surface area contributed by atoms with Crippen molar-refractivity contribution in [3.05, 3.63) is 12.2 Å². The van der Waals surface area contributed by atoms with E-state index in [4.69, 9.17) is 0 Å². The molecule has 0 unspecified atom stereocenters. The number of nitrogens with zero attached hydrogens (tertiary/aromatic N) is 1. The SMILES string of the molecule is CC=CCN(C)CCCC. The highest BCUT2D eigenvalue weighted by Crippen LogP contribution is 1.90. The van der Waals surface area contributed by atoms with E-state index in [9.17, 15) is 0 Å². The molecule has 0 aromatic rings. The summed E-state index contributed by atoms with van der Waals surface area (Å²) in [6, 6.07) is 0. The van der Waals surface area contributed by atoms with Crippen LogP contribution in [0.15, 0.2) is 12.2 Å². The van der Waals surface area contributed by atoms with Crippen LogP contribution in [0, 0.1) is 0 Å². The standard InChI is InChI=1S/C9H19N/c1-4-6-8-10(3)9-7-5-2/h4,6H,5,7-9H2,1-3H3. The van der Waals surface area contributed by atoms with Gasteiger partial charge in [0.05, 0.1) is 0 Å². The second-order valence-corrected chi connectivity index (χ2v) is 2.68. The second-order valence-electron chi connectivity index (χ2n) is 2.68. The lowest BCUT2D eigenvalue weighted by atomic mass is 10.3. The van der Waals surface area contributed by atoms with Gasteiger partial charge in [-0.1, -0.05) is 25.5 Å². The smallest absolute Gasteiger partial charge is 0.0160 e. The lowest BCUT2D eigenvalue weighted by Crippen LogP contribution is -2.19. The first-order chi connectivity index (χ1) is 4.81. The number of allylic oxidation sites excluding steroid dienone is 1. The van der Waals surface area contributed by atoms with Crippen LogP contribution < -0.4 is 0 Å². The summed E-state index contributed by atoms with van der Waals surface area (Å²) in [5, 5.41) is 0. The molecule has 0 aromatic heterocycles. The van der Waals surface area contributed by atoms with Gasteiger partial charge in [0.15, 0.2) is 0 Å². The summed E-state index contributed by atoms with van der Waals surface area (Å²) in [5.41, 5.74) is 0. The van der Waals surface area contributed by atoms with Crippen molar-refractivity contribution in [2.24, 2.45) is 0 Å². The van der Waals surface area contributed by atoms with E-state index in [1.807, 2.05) is 0 Å². The van der Waals surface area contributed by atoms with Crippen LogP contribution in [-0.2, 0) is 0 Å². The lowest BCUT2D eigenvalue weighted by Gasteiger charge is -2.12. The van der Waals surface area contributed by atoms with Crippen LogP contribution in [0.25, 0.3) is 0 Å². The number of hydrogen-bond donors (Lipinski definition) is 0. The molecule has 0 aromatic carbocycles. The molecule has 0 rings (SSSR count). The van der Waals surface area contributed by atoms with Crippen molar-refractivity contribution in [2.75, 3.05) is 20.1 Å². The van der Waals surface area contributed by atoms with E-state index in [-0.39, 0.29) is 0 Å². The second kappa shape index (κ2) is 6.81. The Hall–Kier alpha value is -0.300. The van der Waals surface area contributed by atoms with E-state index < -0.39 is 0 Å². The van der Waals surface area contributed by atoms with Crippen molar-refractivity contribution in [1.82, 2.24) is 4.90 Å². The third-order valence-electron chi connectivity index (χ3n) is 1.55. The zero-order valence-corrected chi connectivity index (χ0v) is 7.43. The molecule has 0 atom stereocenters. The molecular formula is C9H19N. The third-order valence-corrected chi connectivity index (χ3v) is 1.55. The number of rotatable bonds is 5. The van der Waals surface area contributed by atoms with Gasteiger partial charge in [-0.05, 0) is 26.9 Å². The molecular weight excluding hydrogens is 122 g/mol. The minimum absolute atomic E-state index is 1.09. The zero-order chi connectivity index (χ0) is 7.82. The van der Waals surface area contributed by atoms with Crippen LogP contribution >= 0.6 is 0 Å². The highest BCUT2D eigenvalue weighted by molar-refractivity contribution is 4.79. The van der Waals surface area contributed by atoms with Crippen molar-refractivity contribution in [3.63, 3.8) is 0 Å². The Balaban J connectivity index is 3.16. The molecule has 0 bridgehead atoms. The summed E-state index contributed by atoms with van der Waals surface area (Å²) in [5.74, 6) is 0.